The third kappa shape index (κ3) is 6.89. The zero-order chi connectivity index (χ0) is 19.7. The Morgan fingerprint density at radius 3 is 1.76 bits per heavy atom. The van der Waals surface area contributed by atoms with Crippen molar-refractivity contribution in [2.45, 2.75) is 85.5 Å². The summed E-state index contributed by atoms with van der Waals surface area (Å²) >= 11 is 0. The van der Waals surface area contributed by atoms with Crippen molar-refractivity contribution in [2.24, 2.45) is 5.41 Å². The maximum absolute atomic E-state index is 12.1. The van der Waals surface area contributed by atoms with Crippen LogP contribution in [-0.2, 0) is 15.4 Å². The highest BCUT2D eigenvalue weighted by molar-refractivity contribution is 6.01. The summed E-state index contributed by atoms with van der Waals surface area (Å²) in [4.78, 5) is 23.6. The minimum absolute atomic E-state index is 0.135. The van der Waals surface area contributed by atoms with Crippen LogP contribution in [0.5, 0.6) is 0 Å². The summed E-state index contributed by atoms with van der Waals surface area (Å²) in [6.45, 7) is 17.4. The van der Waals surface area contributed by atoms with Gasteiger partial charge >= 0.3 is 0 Å². The summed E-state index contributed by atoms with van der Waals surface area (Å²) in [5.74, 6) is -0.305. The summed E-state index contributed by atoms with van der Waals surface area (Å²) in [5, 5.41) is 9.84. The number of ketones is 1. The van der Waals surface area contributed by atoms with E-state index in [1.807, 2.05) is 39.8 Å². The zero-order valence-electron chi connectivity index (χ0n) is 17.2. The topological polar surface area (TPSA) is 55.8 Å². The molecule has 0 bridgehead atoms. The quantitative estimate of drug-likeness (QED) is 0.425. The third-order valence-corrected chi connectivity index (χ3v) is 3.83. The van der Waals surface area contributed by atoms with Gasteiger partial charge in [0, 0.05) is 5.56 Å². The van der Waals surface area contributed by atoms with Gasteiger partial charge in [-0.1, -0.05) is 45.0 Å². The number of Topliss-reactive ketones (excluding diaryl/α,β-unsaturated/α-hetero) is 1. The molecule has 0 heterocycles. The molecule has 0 aromatic heterocycles. The lowest BCUT2D eigenvalue weighted by Crippen LogP contribution is -2.34. The van der Waals surface area contributed by atoms with Gasteiger partial charge in [0.2, 0.25) is 0 Å². The molecule has 1 aromatic carbocycles. The van der Waals surface area contributed by atoms with Gasteiger partial charge in [-0.3, -0.25) is 4.79 Å². The van der Waals surface area contributed by atoms with Crippen LogP contribution in [0.4, 0.5) is 0 Å². The molecule has 0 aliphatic carbocycles. The summed E-state index contributed by atoms with van der Waals surface area (Å²) in [6, 6.07) is 7.08. The van der Waals surface area contributed by atoms with Crippen LogP contribution in [-0.4, -0.2) is 22.1 Å². The molecule has 25 heavy (non-hydrogen) atoms. The molecule has 1 rings (SSSR count). The first kappa shape index (κ1) is 21.8. The van der Waals surface area contributed by atoms with Crippen molar-refractivity contribution >= 4 is 5.78 Å². The van der Waals surface area contributed by atoms with E-state index in [4.69, 9.17) is 9.78 Å². The first-order chi connectivity index (χ1) is 11.0. The first-order valence-corrected chi connectivity index (χ1v) is 8.78. The summed E-state index contributed by atoms with van der Waals surface area (Å²) in [5.41, 5.74) is -0.950. The van der Waals surface area contributed by atoms with Crippen LogP contribution < -0.4 is 0 Å². The molecule has 0 unspecified atom stereocenters. The second kappa shape index (κ2) is 7.18. The molecule has 4 heteroatoms. The van der Waals surface area contributed by atoms with Gasteiger partial charge in [0.05, 0.1) is 5.60 Å². The highest BCUT2D eigenvalue weighted by Crippen LogP contribution is 2.33. The fourth-order valence-electron chi connectivity index (χ4n) is 2.95. The lowest BCUT2D eigenvalue weighted by molar-refractivity contribution is -0.408. The van der Waals surface area contributed by atoms with Crippen molar-refractivity contribution in [3.8, 4) is 0 Å². The fraction of sp³-hybridized carbons (Fsp3) is 0.667. The maximum atomic E-state index is 12.1. The van der Waals surface area contributed by atoms with Crippen molar-refractivity contribution in [2.75, 3.05) is 0 Å². The summed E-state index contributed by atoms with van der Waals surface area (Å²) in [6.07, 6.45) is 0.856. The van der Waals surface area contributed by atoms with Crippen LogP contribution in [0, 0.1) is 5.41 Å². The van der Waals surface area contributed by atoms with Crippen LogP contribution >= 0.6 is 0 Å². The number of hydrogen-bond acceptors (Lipinski definition) is 4. The molecule has 0 amide bonds. The third-order valence-electron chi connectivity index (χ3n) is 3.83. The average molecular weight is 350 g/mol. The summed E-state index contributed by atoms with van der Waals surface area (Å²) in [7, 11) is 0. The van der Waals surface area contributed by atoms with Gasteiger partial charge < -0.3 is 5.11 Å². The van der Waals surface area contributed by atoms with Crippen LogP contribution in [0.15, 0.2) is 24.3 Å². The Hall–Kier alpha value is -1.23. The highest BCUT2D eigenvalue weighted by Gasteiger charge is 2.32. The highest BCUT2D eigenvalue weighted by atomic mass is 17.2. The Balaban J connectivity index is 2.84. The number of aliphatic hydroxyl groups is 1. The van der Waals surface area contributed by atoms with E-state index in [2.05, 4.69) is 20.8 Å². The second-order valence-corrected chi connectivity index (χ2v) is 9.64. The van der Waals surface area contributed by atoms with Crippen LogP contribution in [0.25, 0.3) is 0 Å². The van der Waals surface area contributed by atoms with Gasteiger partial charge in [0.15, 0.2) is 5.78 Å². The Morgan fingerprint density at radius 1 is 0.880 bits per heavy atom. The molecule has 1 aromatic rings. The van der Waals surface area contributed by atoms with E-state index < -0.39 is 16.8 Å². The Kier molecular flexibility index (Phi) is 6.26. The number of benzene rings is 1. The van der Waals surface area contributed by atoms with E-state index in [1.165, 1.54) is 13.8 Å². The van der Waals surface area contributed by atoms with Gasteiger partial charge in [-0.25, -0.2) is 9.78 Å². The number of rotatable bonds is 7. The van der Waals surface area contributed by atoms with Crippen molar-refractivity contribution in [3.05, 3.63) is 35.4 Å². The number of carbonyl (C=O) groups is 1. The van der Waals surface area contributed by atoms with E-state index in [1.54, 1.807) is 12.1 Å². The normalized spacial score (nSPS) is 13.8. The van der Waals surface area contributed by atoms with Crippen molar-refractivity contribution in [1.29, 1.82) is 0 Å². The molecule has 4 nitrogen and oxygen atoms in total. The molecule has 0 saturated carbocycles. The lowest BCUT2D eigenvalue weighted by Gasteiger charge is -2.34. The van der Waals surface area contributed by atoms with E-state index in [9.17, 15) is 9.90 Å². The van der Waals surface area contributed by atoms with Crippen LogP contribution in [0.3, 0.4) is 0 Å². The average Bonchev–Trinajstić information content (AvgIpc) is 2.41. The van der Waals surface area contributed by atoms with Crippen molar-refractivity contribution in [3.63, 3.8) is 0 Å². The number of carbonyl (C=O) groups excluding carboxylic acids is 1. The molecular formula is C21H34O4. The smallest absolute Gasteiger partial charge is 0.193 e. The monoisotopic (exact) mass is 350 g/mol. The molecule has 0 radical (unpaired) electrons. The van der Waals surface area contributed by atoms with Crippen LogP contribution in [0.2, 0.25) is 0 Å². The van der Waals surface area contributed by atoms with E-state index in [-0.39, 0.29) is 11.2 Å². The molecule has 0 aliphatic heterocycles. The number of hydrogen-bond donors (Lipinski definition) is 1. The Labute approximate surface area is 152 Å². The molecule has 0 fully saturated rings. The minimum Gasteiger partial charge on any atom is -0.382 e. The molecule has 0 saturated heterocycles. The largest absolute Gasteiger partial charge is 0.382 e. The Morgan fingerprint density at radius 2 is 1.36 bits per heavy atom. The lowest BCUT2D eigenvalue weighted by atomic mass is 9.84. The maximum Gasteiger partial charge on any atom is 0.193 e. The minimum atomic E-state index is -1.38. The predicted octanol–water partition coefficient (Wildman–Crippen LogP) is 5.04. The summed E-state index contributed by atoms with van der Waals surface area (Å²) < 4.78 is 0. The van der Waals surface area contributed by atoms with Gasteiger partial charge in [-0.15, -0.1) is 0 Å². The molecular weight excluding hydrogens is 316 g/mol. The van der Waals surface area contributed by atoms with E-state index in [0.29, 0.717) is 5.56 Å². The van der Waals surface area contributed by atoms with Crippen molar-refractivity contribution in [1.82, 2.24) is 0 Å². The first-order valence-electron chi connectivity index (χ1n) is 8.78. The molecule has 0 spiro atoms. The van der Waals surface area contributed by atoms with Gasteiger partial charge in [0.25, 0.3) is 0 Å². The molecule has 1 N–H and O–H groups in total. The van der Waals surface area contributed by atoms with Gasteiger partial charge in [0.1, 0.15) is 11.2 Å². The van der Waals surface area contributed by atoms with Gasteiger partial charge in [-0.05, 0) is 58.9 Å². The van der Waals surface area contributed by atoms with Gasteiger partial charge in [-0.2, -0.15) is 0 Å². The van der Waals surface area contributed by atoms with Crippen LogP contribution in [0.1, 0.15) is 84.7 Å². The fourth-order valence-corrected chi connectivity index (χ4v) is 2.95. The zero-order valence-corrected chi connectivity index (χ0v) is 17.2. The van der Waals surface area contributed by atoms with Crippen molar-refractivity contribution < 1.29 is 19.7 Å². The second-order valence-electron chi connectivity index (χ2n) is 9.64. The molecule has 0 aliphatic rings. The Bertz CT molecular complexity index is 584. The predicted molar refractivity (Wildman–Crippen MR) is 100 cm³/mol. The van der Waals surface area contributed by atoms with E-state index >= 15 is 0 Å². The molecule has 142 valence electrons. The SMILES string of the molecule is CC(C)(C)CC(C)(C)OOC(C)(C)c1ccc(C(=O)C(C)(C)O)cc1. The molecule has 0 atom stereocenters. The van der Waals surface area contributed by atoms with E-state index in [0.717, 1.165) is 12.0 Å². The standard InChI is InChI=1S/C21H34O4/c1-18(2,3)14-19(4,5)24-25-21(8,9)16-12-10-15(11-13-16)17(22)20(6,7)23/h10-13,23H,14H2,1-9H3.